The number of unbranched alkanes of at least 4 members (excludes halogenated alkanes) is 1. The van der Waals surface area contributed by atoms with E-state index in [2.05, 4.69) is 5.92 Å². The molecule has 0 radical (unpaired) electrons. The fraction of sp³-hybridized carbons (Fsp3) is 0.429. The van der Waals surface area contributed by atoms with Crippen LogP contribution in [-0.2, 0) is 6.42 Å². The molecule has 1 unspecified atom stereocenters. The van der Waals surface area contributed by atoms with Crippen molar-refractivity contribution in [3.63, 3.8) is 0 Å². The number of ether oxygens (including phenoxy) is 1. The van der Waals surface area contributed by atoms with Crippen LogP contribution in [0.25, 0.3) is 0 Å². The molecule has 1 aromatic carbocycles. The molecule has 0 aliphatic carbocycles. The summed E-state index contributed by atoms with van der Waals surface area (Å²) in [5, 5.41) is 9.78. The molecule has 0 aliphatic heterocycles. The van der Waals surface area contributed by atoms with E-state index in [-0.39, 0.29) is 6.10 Å². The van der Waals surface area contributed by atoms with Crippen molar-refractivity contribution in [1.82, 2.24) is 0 Å². The first-order valence-corrected chi connectivity index (χ1v) is 5.50. The Hall–Kier alpha value is -1.46. The minimum atomic E-state index is -0.319. The zero-order chi connectivity index (χ0) is 11.8. The molecule has 1 N–H and O–H groups in total. The van der Waals surface area contributed by atoms with Crippen molar-refractivity contribution >= 4 is 0 Å². The Kier molecular flexibility index (Phi) is 5.45. The van der Waals surface area contributed by atoms with E-state index in [4.69, 9.17) is 11.2 Å². The van der Waals surface area contributed by atoms with Gasteiger partial charge in [-0.2, -0.15) is 0 Å². The van der Waals surface area contributed by atoms with E-state index in [9.17, 15) is 5.11 Å². The topological polar surface area (TPSA) is 29.5 Å². The van der Waals surface area contributed by atoms with Gasteiger partial charge in [0.15, 0.2) is 0 Å². The van der Waals surface area contributed by atoms with Crippen molar-refractivity contribution in [2.75, 3.05) is 7.11 Å². The minimum absolute atomic E-state index is 0.319. The molecule has 0 saturated heterocycles. The predicted molar refractivity (Wildman–Crippen MR) is 65.4 cm³/mol. The lowest BCUT2D eigenvalue weighted by atomic mass is 10.0. The molecular weight excluding hydrogens is 200 g/mol. The standard InChI is InChI=1S/C14H18O2/c1-3-4-5-8-13(15)10-12-7-6-9-14(11-12)16-2/h1,6-7,9,11,13,15H,4-5,8,10H2,2H3. The summed E-state index contributed by atoms with van der Waals surface area (Å²) in [5.74, 6) is 3.40. The van der Waals surface area contributed by atoms with Gasteiger partial charge in [0.1, 0.15) is 5.75 Å². The Balaban J connectivity index is 2.43. The first kappa shape index (κ1) is 12.6. The molecule has 0 fully saturated rings. The van der Waals surface area contributed by atoms with E-state index in [1.165, 1.54) is 0 Å². The third kappa shape index (κ3) is 4.37. The minimum Gasteiger partial charge on any atom is -0.497 e. The number of aliphatic hydroxyl groups excluding tert-OH is 1. The van der Waals surface area contributed by atoms with E-state index in [1.807, 2.05) is 24.3 Å². The number of terminal acetylenes is 1. The van der Waals surface area contributed by atoms with Gasteiger partial charge in [0.05, 0.1) is 13.2 Å². The van der Waals surface area contributed by atoms with Crippen molar-refractivity contribution in [3.8, 4) is 18.1 Å². The van der Waals surface area contributed by atoms with Gasteiger partial charge in [-0.3, -0.25) is 0 Å². The van der Waals surface area contributed by atoms with Gasteiger partial charge in [-0.05, 0) is 37.0 Å². The molecule has 16 heavy (non-hydrogen) atoms. The van der Waals surface area contributed by atoms with Crippen LogP contribution in [0, 0.1) is 12.3 Å². The lowest BCUT2D eigenvalue weighted by Gasteiger charge is -2.10. The smallest absolute Gasteiger partial charge is 0.119 e. The van der Waals surface area contributed by atoms with Crippen LogP contribution in [0.2, 0.25) is 0 Å². The molecule has 0 bridgehead atoms. The average molecular weight is 218 g/mol. The molecule has 2 heteroatoms. The van der Waals surface area contributed by atoms with Crippen LogP contribution >= 0.6 is 0 Å². The monoisotopic (exact) mass is 218 g/mol. The van der Waals surface area contributed by atoms with Crippen LogP contribution in [0.5, 0.6) is 5.75 Å². The summed E-state index contributed by atoms with van der Waals surface area (Å²) in [6.45, 7) is 0. The van der Waals surface area contributed by atoms with Gasteiger partial charge in [0.2, 0.25) is 0 Å². The van der Waals surface area contributed by atoms with Crippen molar-refractivity contribution < 1.29 is 9.84 Å². The molecule has 2 nitrogen and oxygen atoms in total. The van der Waals surface area contributed by atoms with E-state index in [0.29, 0.717) is 6.42 Å². The van der Waals surface area contributed by atoms with E-state index >= 15 is 0 Å². The lowest BCUT2D eigenvalue weighted by molar-refractivity contribution is 0.162. The van der Waals surface area contributed by atoms with Crippen molar-refractivity contribution in [2.45, 2.75) is 31.8 Å². The second kappa shape index (κ2) is 6.92. The summed E-state index contributed by atoms with van der Waals surface area (Å²) in [6, 6.07) is 7.77. The highest BCUT2D eigenvalue weighted by Crippen LogP contribution is 2.15. The maximum Gasteiger partial charge on any atom is 0.119 e. The molecule has 1 rings (SSSR count). The first-order valence-electron chi connectivity index (χ1n) is 5.50. The predicted octanol–water partition coefficient (Wildman–Crippen LogP) is 2.40. The van der Waals surface area contributed by atoms with Gasteiger partial charge in [-0.25, -0.2) is 0 Å². The van der Waals surface area contributed by atoms with Gasteiger partial charge < -0.3 is 9.84 Å². The highest BCUT2D eigenvalue weighted by atomic mass is 16.5. The Morgan fingerprint density at radius 1 is 1.50 bits per heavy atom. The average Bonchev–Trinajstić information content (AvgIpc) is 2.29. The molecule has 0 spiro atoms. The van der Waals surface area contributed by atoms with Gasteiger partial charge in [-0.15, -0.1) is 12.3 Å². The molecular formula is C14H18O2. The molecule has 0 amide bonds. The van der Waals surface area contributed by atoms with Gasteiger partial charge in [-0.1, -0.05) is 12.1 Å². The number of rotatable bonds is 6. The van der Waals surface area contributed by atoms with E-state index in [1.54, 1.807) is 7.11 Å². The molecule has 0 heterocycles. The summed E-state index contributed by atoms with van der Waals surface area (Å²) in [6.07, 6.45) is 7.85. The van der Waals surface area contributed by atoms with Gasteiger partial charge in [0, 0.05) is 6.42 Å². The van der Waals surface area contributed by atoms with Crippen LogP contribution in [0.3, 0.4) is 0 Å². The third-order valence-electron chi connectivity index (χ3n) is 2.46. The van der Waals surface area contributed by atoms with Crippen LogP contribution in [0.15, 0.2) is 24.3 Å². The molecule has 1 atom stereocenters. The second-order valence-corrected chi connectivity index (χ2v) is 3.81. The molecule has 0 aliphatic rings. The quantitative estimate of drug-likeness (QED) is 0.587. The van der Waals surface area contributed by atoms with Crippen LogP contribution < -0.4 is 4.74 Å². The lowest BCUT2D eigenvalue weighted by Crippen LogP contribution is -2.10. The van der Waals surface area contributed by atoms with Crippen LogP contribution in [-0.4, -0.2) is 18.3 Å². The highest BCUT2D eigenvalue weighted by molar-refractivity contribution is 5.28. The second-order valence-electron chi connectivity index (χ2n) is 3.81. The highest BCUT2D eigenvalue weighted by Gasteiger charge is 2.05. The molecule has 0 aromatic heterocycles. The van der Waals surface area contributed by atoms with E-state index < -0.39 is 0 Å². The summed E-state index contributed by atoms with van der Waals surface area (Å²) in [4.78, 5) is 0. The van der Waals surface area contributed by atoms with Crippen LogP contribution in [0.1, 0.15) is 24.8 Å². The van der Waals surface area contributed by atoms with Gasteiger partial charge in [0.25, 0.3) is 0 Å². The van der Waals surface area contributed by atoms with Crippen LogP contribution in [0.4, 0.5) is 0 Å². The summed E-state index contributed by atoms with van der Waals surface area (Å²) in [7, 11) is 1.64. The Morgan fingerprint density at radius 2 is 2.31 bits per heavy atom. The van der Waals surface area contributed by atoms with Crippen molar-refractivity contribution in [3.05, 3.63) is 29.8 Å². The van der Waals surface area contributed by atoms with E-state index in [0.717, 1.165) is 30.6 Å². The molecule has 86 valence electrons. The largest absolute Gasteiger partial charge is 0.497 e. The van der Waals surface area contributed by atoms with Crippen molar-refractivity contribution in [2.24, 2.45) is 0 Å². The maximum absolute atomic E-state index is 9.78. The van der Waals surface area contributed by atoms with Gasteiger partial charge >= 0.3 is 0 Å². The Bertz CT molecular complexity index is 352. The molecule has 1 aromatic rings. The Labute approximate surface area is 97.3 Å². The normalized spacial score (nSPS) is 11.8. The first-order chi connectivity index (χ1) is 7.76. The summed E-state index contributed by atoms with van der Waals surface area (Å²) >= 11 is 0. The number of hydrogen-bond donors (Lipinski definition) is 1. The fourth-order valence-electron chi connectivity index (χ4n) is 1.61. The zero-order valence-corrected chi connectivity index (χ0v) is 9.65. The third-order valence-corrected chi connectivity index (χ3v) is 2.46. The number of benzene rings is 1. The maximum atomic E-state index is 9.78. The Morgan fingerprint density at radius 3 is 3.00 bits per heavy atom. The fourth-order valence-corrected chi connectivity index (χ4v) is 1.61. The number of hydrogen-bond acceptors (Lipinski definition) is 2. The van der Waals surface area contributed by atoms with Crippen molar-refractivity contribution in [1.29, 1.82) is 0 Å². The number of methoxy groups -OCH3 is 1. The molecule has 0 saturated carbocycles. The summed E-state index contributed by atoms with van der Waals surface area (Å²) < 4.78 is 5.13. The SMILES string of the molecule is C#CCCCC(O)Cc1cccc(OC)c1. The zero-order valence-electron chi connectivity index (χ0n) is 9.65. The summed E-state index contributed by atoms with van der Waals surface area (Å²) in [5.41, 5.74) is 1.09. The number of aliphatic hydroxyl groups is 1.